The first kappa shape index (κ1) is 18.1. The molecule has 26 heavy (non-hydrogen) atoms. The fourth-order valence-corrected chi connectivity index (χ4v) is 3.81. The monoisotopic (exact) mass is 389 g/mol. The highest BCUT2D eigenvalue weighted by Crippen LogP contribution is 2.35. The van der Waals surface area contributed by atoms with Crippen molar-refractivity contribution in [3.63, 3.8) is 0 Å². The minimum atomic E-state index is -0.611. The van der Waals surface area contributed by atoms with Gasteiger partial charge in [0.25, 0.3) is 5.91 Å². The van der Waals surface area contributed by atoms with Gasteiger partial charge in [-0.3, -0.25) is 4.79 Å². The second-order valence-corrected chi connectivity index (χ2v) is 7.24. The molecule has 132 valence electrons. The van der Waals surface area contributed by atoms with Crippen molar-refractivity contribution in [1.82, 2.24) is 5.16 Å². The van der Waals surface area contributed by atoms with Crippen molar-refractivity contribution in [3.8, 4) is 17.3 Å². The van der Waals surface area contributed by atoms with Crippen LogP contribution in [0.25, 0.3) is 11.3 Å². The first-order valence-corrected chi connectivity index (χ1v) is 8.76. The summed E-state index contributed by atoms with van der Waals surface area (Å²) in [7, 11) is 0. The first-order valence-electron chi connectivity index (χ1n) is 7.57. The number of hydrogen-bond donors (Lipinski definition) is 1. The highest BCUT2D eigenvalue weighted by molar-refractivity contribution is 7.16. The Morgan fingerprint density at radius 2 is 2.12 bits per heavy atom. The van der Waals surface area contributed by atoms with Crippen LogP contribution in [-0.2, 0) is 0 Å². The number of aryl methyl sites for hydroxylation is 2. The zero-order chi connectivity index (χ0) is 19.0. The maximum Gasteiger partial charge on any atom is 0.262 e. The molecule has 2 heterocycles. The molecule has 2 aromatic heterocycles. The summed E-state index contributed by atoms with van der Waals surface area (Å²) in [6.45, 7) is 5.23. The van der Waals surface area contributed by atoms with E-state index in [0.717, 1.165) is 10.4 Å². The summed E-state index contributed by atoms with van der Waals surface area (Å²) in [5.74, 6) is -0.934. The Bertz CT molecular complexity index is 1050. The average molecular weight is 390 g/mol. The van der Waals surface area contributed by atoms with Gasteiger partial charge in [-0.25, -0.2) is 4.39 Å². The van der Waals surface area contributed by atoms with Crippen LogP contribution in [0.1, 0.15) is 32.1 Å². The largest absolute Gasteiger partial charge is 0.360 e. The molecule has 0 bridgehead atoms. The Balaban J connectivity index is 2.06. The number of nitrogens with zero attached hydrogens (tertiary/aromatic N) is 2. The van der Waals surface area contributed by atoms with E-state index in [0.29, 0.717) is 10.6 Å². The Morgan fingerprint density at radius 1 is 1.38 bits per heavy atom. The van der Waals surface area contributed by atoms with Crippen LogP contribution in [0.5, 0.6) is 0 Å². The highest BCUT2D eigenvalue weighted by atomic mass is 35.5. The Hall–Kier alpha value is -2.69. The summed E-state index contributed by atoms with van der Waals surface area (Å²) < 4.78 is 19.4. The smallest absolute Gasteiger partial charge is 0.262 e. The van der Waals surface area contributed by atoms with Crippen molar-refractivity contribution in [3.05, 3.63) is 56.4 Å². The predicted octanol–water partition coefficient (Wildman–Crippen LogP) is 5.24. The number of benzene rings is 1. The quantitative estimate of drug-likeness (QED) is 0.663. The molecule has 0 spiro atoms. The molecular weight excluding hydrogens is 377 g/mol. The van der Waals surface area contributed by atoms with Crippen molar-refractivity contribution in [2.75, 3.05) is 5.32 Å². The molecule has 5 nitrogen and oxygen atoms in total. The average Bonchev–Trinajstić information content (AvgIpc) is 3.08. The molecule has 0 fully saturated rings. The standard InChI is InChI=1S/C18H13ClFN3O2S/c1-8-10(3)26-18(11(8)7-21)22-17(24)14-9(2)25-23-16(14)15-12(19)5-4-6-13(15)20/h4-6H,1-3H3,(H,22,24). The van der Waals surface area contributed by atoms with Gasteiger partial charge in [-0.05, 0) is 38.5 Å². The van der Waals surface area contributed by atoms with Crippen molar-refractivity contribution in [1.29, 1.82) is 5.26 Å². The summed E-state index contributed by atoms with van der Waals surface area (Å²) in [6.07, 6.45) is 0. The van der Waals surface area contributed by atoms with Crippen molar-refractivity contribution < 1.29 is 13.7 Å². The summed E-state index contributed by atoms with van der Waals surface area (Å²) in [4.78, 5) is 13.7. The molecule has 1 aromatic carbocycles. The molecule has 0 atom stereocenters. The van der Waals surface area contributed by atoms with Crippen molar-refractivity contribution in [2.45, 2.75) is 20.8 Å². The number of rotatable bonds is 3. The van der Waals surface area contributed by atoms with Crippen molar-refractivity contribution >= 4 is 33.8 Å². The molecule has 0 radical (unpaired) electrons. The van der Waals surface area contributed by atoms with E-state index in [2.05, 4.69) is 16.5 Å². The van der Waals surface area contributed by atoms with Crippen LogP contribution in [0, 0.1) is 37.9 Å². The lowest BCUT2D eigenvalue weighted by Crippen LogP contribution is -2.13. The van der Waals surface area contributed by atoms with Gasteiger partial charge in [0.15, 0.2) is 0 Å². The summed E-state index contributed by atoms with van der Waals surface area (Å²) in [5.41, 5.74) is 1.30. The molecule has 0 aliphatic rings. The zero-order valence-electron chi connectivity index (χ0n) is 14.1. The normalized spacial score (nSPS) is 10.6. The number of carbonyl (C=O) groups excluding carboxylic acids is 1. The van der Waals surface area contributed by atoms with E-state index in [-0.39, 0.29) is 27.6 Å². The molecular formula is C18H13ClFN3O2S. The Morgan fingerprint density at radius 3 is 2.77 bits per heavy atom. The fraction of sp³-hybridized carbons (Fsp3) is 0.167. The van der Waals surface area contributed by atoms with Crippen LogP contribution in [0.4, 0.5) is 9.39 Å². The number of halogens is 2. The van der Waals surface area contributed by atoms with E-state index in [1.807, 2.05) is 13.8 Å². The fourth-order valence-electron chi connectivity index (χ4n) is 2.55. The molecule has 0 saturated carbocycles. The lowest BCUT2D eigenvalue weighted by atomic mass is 10.0. The number of carbonyl (C=O) groups is 1. The Labute approximate surface area is 158 Å². The van der Waals surface area contributed by atoms with E-state index in [9.17, 15) is 14.4 Å². The van der Waals surface area contributed by atoms with Crippen molar-refractivity contribution in [2.24, 2.45) is 0 Å². The maximum atomic E-state index is 14.3. The summed E-state index contributed by atoms with van der Waals surface area (Å²) >= 11 is 7.39. The van der Waals surface area contributed by atoms with Gasteiger partial charge in [0.05, 0.1) is 16.1 Å². The van der Waals surface area contributed by atoms with Crippen LogP contribution >= 0.6 is 22.9 Å². The number of nitriles is 1. The summed E-state index contributed by atoms with van der Waals surface area (Å²) in [5, 5.41) is 16.4. The topological polar surface area (TPSA) is 78.9 Å². The molecule has 3 aromatic rings. The van der Waals surface area contributed by atoms with Gasteiger partial charge >= 0.3 is 0 Å². The maximum absolute atomic E-state index is 14.3. The van der Waals surface area contributed by atoms with Gasteiger partial charge in [-0.15, -0.1) is 11.3 Å². The van der Waals surface area contributed by atoms with Gasteiger partial charge in [0.2, 0.25) is 0 Å². The summed E-state index contributed by atoms with van der Waals surface area (Å²) in [6, 6.07) is 6.29. The second-order valence-electron chi connectivity index (χ2n) is 5.61. The highest BCUT2D eigenvalue weighted by Gasteiger charge is 2.26. The minimum absolute atomic E-state index is 0.00443. The van der Waals surface area contributed by atoms with E-state index in [4.69, 9.17) is 16.1 Å². The molecule has 0 aliphatic heterocycles. The number of aromatic nitrogens is 1. The van der Waals surface area contributed by atoms with Crippen LogP contribution in [0.3, 0.4) is 0 Å². The lowest BCUT2D eigenvalue weighted by Gasteiger charge is -2.06. The van der Waals surface area contributed by atoms with Gasteiger partial charge < -0.3 is 9.84 Å². The van der Waals surface area contributed by atoms with Crippen LogP contribution in [0.15, 0.2) is 22.7 Å². The van der Waals surface area contributed by atoms with Crippen LogP contribution in [0.2, 0.25) is 5.02 Å². The van der Waals surface area contributed by atoms with Gasteiger partial charge in [-0.2, -0.15) is 5.26 Å². The number of nitrogens with one attached hydrogen (secondary N) is 1. The molecule has 0 unspecified atom stereocenters. The minimum Gasteiger partial charge on any atom is -0.360 e. The molecule has 8 heteroatoms. The zero-order valence-corrected chi connectivity index (χ0v) is 15.7. The predicted molar refractivity (Wildman–Crippen MR) is 98.1 cm³/mol. The van der Waals surface area contributed by atoms with E-state index < -0.39 is 11.7 Å². The molecule has 0 aliphatic carbocycles. The Kier molecular flexibility index (Phi) is 4.81. The van der Waals surface area contributed by atoms with Gasteiger partial charge in [-0.1, -0.05) is 22.8 Å². The van der Waals surface area contributed by atoms with Gasteiger partial charge in [0, 0.05) is 4.88 Å². The van der Waals surface area contributed by atoms with Crippen LogP contribution < -0.4 is 5.32 Å². The number of anilines is 1. The van der Waals surface area contributed by atoms with Gasteiger partial charge in [0.1, 0.15) is 33.9 Å². The number of hydrogen-bond acceptors (Lipinski definition) is 5. The van der Waals surface area contributed by atoms with E-state index in [1.54, 1.807) is 6.92 Å². The molecule has 1 N–H and O–H groups in total. The molecule has 1 amide bonds. The van der Waals surface area contributed by atoms with E-state index in [1.165, 1.54) is 29.5 Å². The third-order valence-electron chi connectivity index (χ3n) is 4.01. The first-order chi connectivity index (χ1) is 12.3. The molecule has 0 saturated heterocycles. The molecule has 3 rings (SSSR count). The third-order valence-corrected chi connectivity index (χ3v) is 5.45. The van der Waals surface area contributed by atoms with E-state index >= 15 is 0 Å². The lowest BCUT2D eigenvalue weighted by molar-refractivity contribution is 0.102. The second kappa shape index (κ2) is 6.90. The number of amides is 1. The number of thiophene rings is 1. The SMILES string of the molecule is Cc1onc(-c2c(F)cccc2Cl)c1C(=O)Nc1sc(C)c(C)c1C#N. The van der Waals surface area contributed by atoms with Crippen LogP contribution in [-0.4, -0.2) is 11.1 Å². The third kappa shape index (κ3) is 2.98.